The Morgan fingerprint density at radius 3 is 2.57 bits per heavy atom. The number of ether oxygens (including phenoxy) is 2. The molecule has 6 nitrogen and oxygen atoms in total. The Bertz CT molecular complexity index is 777. The highest BCUT2D eigenvalue weighted by Gasteiger charge is 2.12. The number of carbonyl (C=O) groups excluding carboxylic acids is 1. The lowest BCUT2D eigenvalue weighted by molar-refractivity contribution is 0.249. The summed E-state index contributed by atoms with van der Waals surface area (Å²) >= 11 is 0. The van der Waals surface area contributed by atoms with E-state index < -0.39 is 0 Å². The van der Waals surface area contributed by atoms with Crippen LogP contribution in [0.3, 0.4) is 0 Å². The highest BCUT2D eigenvalue weighted by molar-refractivity contribution is 5.89. The van der Waals surface area contributed by atoms with E-state index in [9.17, 15) is 9.90 Å². The molecule has 2 aromatic carbocycles. The normalized spacial score (nSPS) is 11.8. The number of methoxy groups -OCH3 is 1. The van der Waals surface area contributed by atoms with Crippen molar-refractivity contribution >= 4 is 11.7 Å². The molecule has 0 aromatic heterocycles. The quantitative estimate of drug-likeness (QED) is 0.524. The van der Waals surface area contributed by atoms with Crippen LogP contribution in [0.15, 0.2) is 42.5 Å². The number of aromatic hydroxyl groups is 1. The second-order valence-electron chi connectivity index (χ2n) is 7.17. The van der Waals surface area contributed by atoms with Crippen LogP contribution in [-0.4, -0.2) is 24.9 Å². The third kappa shape index (κ3) is 6.68. The van der Waals surface area contributed by atoms with Gasteiger partial charge in [-0.25, -0.2) is 4.79 Å². The number of phenols is 1. The molecule has 152 valence electrons. The molecule has 0 saturated heterocycles. The van der Waals surface area contributed by atoms with Gasteiger partial charge in [0.15, 0.2) is 11.5 Å². The number of hydrogen-bond acceptors (Lipinski definition) is 4. The van der Waals surface area contributed by atoms with Crippen molar-refractivity contribution in [2.75, 3.05) is 19.0 Å². The molecule has 0 heterocycles. The van der Waals surface area contributed by atoms with E-state index in [0.29, 0.717) is 29.7 Å². The summed E-state index contributed by atoms with van der Waals surface area (Å²) in [5.74, 6) is 2.03. The zero-order valence-electron chi connectivity index (χ0n) is 17.0. The summed E-state index contributed by atoms with van der Waals surface area (Å²) in [6.07, 6.45) is 2.05. The van der Waals surface area contributed by atoms with Crippen molar-refractivity contribution in [1.29, 1.82) is 0 Å². The molecule has 2 aromatic rings. The first-order valence-corrected chi connectivity index (χ1v) is 9.56. The minimum Gasteiger partial charge on any atom is -0.508 e. The fourth-order valence-corrected chi connectivity index (χ4v) is 2.78. The van der Waals surface area contributed by atoms with Crippen molar-refractivity contribution in [3.8, 4) is 17.2 Å². The van der Waals surface area contributed by atoms with Gasteiger partial charge in [0.05, 0.1) is 19.8 Å². The first kappa shape index (κ1) is 21.4. The minimum absolute atomic E-state index is 0.168. The molecular formula is C22H30N2O4. The number of phenolic OH excluding ortho intramolecular Hbond substituents is 1. The van der Waals surface area contributed by atoms with Crippen molar-refractivity contribution in [2.45, 2.75) is 39.7 Å². The predicted molar refractivity (Wildman–Crippen MR) is 111 cm³/mol. The van der Waals surface area contributed by atoms with Gasteiger partial charge < -0.3 is 25.2 Å². The molecule has 1 atom stereocenters. The average molecular weight is 386 g/mol. The zero-order valence-corrected chi connectivity index (χ0v) is 17.0. The smallest absolute Gasteiger partial charge is 0.319 e. The maximum absolute atomic E-state index is 12.3. The van der Waals surface area contributed by atoms with Crippen LogP contribution < -0.4 is 20.1 Å². The maximum Gasteiger partial charge on any atom is 0.319 e. The number of rotatable bonds is 9. The number of anilines is 1. The third-order valence-electron chi connectivity index (χ3n) is 4.32. The molecule has 3 N–H and O–H groups in total. The van der Waals surface area contributed by atoms with Crippen LogP contribution in [0, 0.1) is 5.92 Å². The molecular weight excluding hydrogens is 356 g/mol. The van der Waals surface area contributed by atoms with E-state index in [1.54, 1.807) is 43.5 Å². The summed E-state index contributed by atoms with van der Waals surface area (Å²) in [5, 5.41) is 15.2. The van der Waals surface area contributed by atoms with Crippen LogP contribution in [0.5, 0.6) is 17.2 Å². The molecule has 0 saturated carbocycles. The van der Waals surface area contributed by atoms with Crippen molar-refractivity contribution in [1.82, 2.24) is 5.32 Å². The van der Waals surface area contributed by atoms with Gasteiger partial charge in [0.25, 0.3) is 0 Å². The molecule has 0 radical (unpaired) electrons. The monoisotopic (exact) mass is 386 g/mol. The van der Waals surface area contributed by atoms with Gasteiger partial charge in [-0.15, -0.1) is 0 Å². The van der Waals surface area contributed by atoms with Gasteiger partial charge in [-0.1, -0.05) is 26.0 Å². The number of carbonyl (C=O) groups is 1. The highest BCUT2D eigenvalue weighted by Crippen LogP contribution is 2.30. The molecule has 0 fully saturated rings. The fourth-order valence-electron chi connectivity index (χ4n) is 2.78. The number of nitrogens with one attached hydrogen (secondary N) is 2. The van der Waals surface area contributed by atoms with E-state index >= 15 is 0 Å². The van der Waals surface area contributed by atoms with E-state index in [1.807, 2.05) is 13.0 Å². The Morgan fingerprint density at radius 2 is 1.89 bits per heavy atom. The van der Waals surface area contributed by atoms with Gasteiger partial charge in [-0.05, 0) is 55.5 Å². The van der Waals surface area contributed by atoms with Crippen molar-refractivity contribution in [3.05, 3.63) is 48.0 Å². The van der Waals surface area contributed by atoms with E-state index in [1.165, 1.54) is 0 Å². The molecule has 1 unspecified atom stereocenters. The first-order chi connectivity index (χ1) is 13.4. The van der Waals surface area contributed by atoms with E-state index in [2.05, 4.69) is 24.5 Å². The Hall–Kier alpha value is -2.89. The zero-order chi connectivity index (χ0) is 20.5. The fraction of sp³-hybridized carbons (Fsp3) is 0.409. The standard InChI is InChI=1S/C22H30N2O4/c1-15(2)7-6-12-28-21-14-18(10-11-20(21)27-4)24-22(26)23-16(3)17-8-5-9-19(25)13-17/h5,8-11,13-16,25H,6-7,12H2,1-4H3,(H2,23,24,26). The number of urea groups is 1. The van der Waals surface area contributed by atoms with E-state index in [4.69, 9.17) is 9.47 Å². The van der Waals surface area contributed by atoms with Gasteiger partial charge in [-0.3, -0.25) is 0 Å². The van der Waals surface area contributed by atoms with Gasteiger partial charge in [0.1, 0.15) is 5.75 Å². The third-order valence-corrected chi connectivity index (χ3v) is 4.32. The van der Waals surface area contributed by atoms with Crippen LogP contribution in [0.2, 0.25) is 0 Å². The SMILES string of the molecule is COc1ccc(NC(=O)NC(C)c2cccc(O)c2)cc1OCCCC(C)C. The highest BCUT2D eigenvalue weighted by atomic mass is 16.5. The molecule has 28 heavy (non-hydrogen) atoms. The van der Waals surface area contributed by atoms with Crippen LogP contribution in [0.25, 0.3) is 0 Å². The molecule has 0 bridgehead atoms. The van der Waals surface area contributed by atoms with Crippen LogP contribution in [0.1, 0.15) is 45.2 Å². The Kier molecular flexibility index (Phi) is 7.99. The lowest BCUT2D eigenvalue weighted by Crippen LogP contribution is -2.31. The molecule has 6 heteroatoms. The Balaban J connectivity index is 1.96. The largest absolute Gasteiger partial charge is 0.508 e. The number of amides is 2. The van der Waals surface area contributed by atoms with Crippen molar-refractivity contribution in [2.24, 2.45) is 5.92 Å². The summed E-state index contributed by atoms with van der Waals surface area (Å²) in [7, 11) is 1.59. The molecule has 0 spiro atoms. The van der Waals surface area contributed by atoms with Gasteiger partial charge in [-0.2, -0.15) is 0 Å². The first-order valence-electron chi connectivity index (χ1n) is 9.56. The van der Waals surface area contributed by atoms with Gasteiger partial charge in [0.2, 0.25) is 0 Å². The van der Waals surface area contributed by atoms with Gasteiger partial charge >= 0.3 is 6.03 Å². The summed E-state index contributed by atoms with van der Waals surface area (Å²) in [4.78, 5) is 12.3. The van der Waals surface area contributed by atoms with Crippen LogP contribution in [-0.2, 0) is 0 Å². The molecule has 0 aliphatic rings. The van der Waals surface area contributed by atoms with Crippen molar-refractivity contribution in [3.63, 3.8) is 0 Å². The summed E-state index contributed by atoms with van der Waals surface area (Å²) in [6.45, 7) is 6.81. The van der Waals surface area contributed by atoms with E-state index in [0.717, 1.165) is 18.4 Å². The predicted octanol–water partition coefficient (Wildman–Crippen LogP) is 5.10. The molecule has 0 aliphatic carbocycles. The van der Waals surface area contributed by atoms with E-state index in [-0.39, 0.29) is 17.8 Å². The number of hydrogen-bond donors (Lipinski definition) is 3. The number of benzene rings is 2. The molecule has 0 aliphatic heterocycles. The second kappa shape index (κ2) is 10.4. The van der Waals surface area contributed by atoms with Crippen LogP contribution in [0.4, 0.5) is 10.5 Å². The molecule has 2 amide bonds. The summed E-state index contributed by atoms with van der Waals surface area (Å²) < 4.78 is 11.2. The summed E-state index contributed by atoms with van der Waals surface area (Å²) in [6, 6.07) is 11.5. The lowest BCUT2D eigenvalue weighted by atomic mass is 10.1. The van der Waals surface area contributed by atoms with Gasteiger partial charge in [0, 0.05) is 11.8 Å². The minimum atomic E-state index is -0.341. The molecule has 2 rings (SSSR count). The Morgan fingerprint density at radius 1 is 1.11 bits per heavy atom. The second-order valence-corrected chi connectivity index (χ2v) is 7.17. The lowest BCUT2D eigenvalue weighted by Gasteiger charge is -2.16. The van der Waals surface area contributed by atoms with Crippen molar-refractivity contribution < 1.29 is 19.4 Å². The summed E-state index contributed by atoms with van der Waals surface area (Å²) in [5.41, 5.74) is 1.43. The Labute approximate surface area is 166 Å². The average Bonchev–Trinajstić information content (AvgIpc) is 2.65. The maximum atomic E-state index is 12.3. The van der Waals surface area contributed by atoms with Crippen LogP contribution >= 0.6 is 0 Å². The topological polar surface area (TPSA) is 79.8 Å².